The van der Waals surface area contributed by atoms with E-state index in [9.17, 15) is 0 Å². The lowest BCUT2D eigenvalue weighted by Gasteiger charge is -2.18. The Bertz CT molecular complexity index is 652. The quantitative estimate of drug-likeness (QED) is 0.482. The van der Waals surface area contributed by atoms with Crippen molar-refractivity contribution in [1.29, 1.82) is 10.5 Å². The molecule has 100 valence electrons. The van der Waals surface area contributed by atoms with Crippen molar-refractivity contribution in [2.24, 2.45) is 10.7 Å². The van der Waals surface area contributed by atoms with Gasteiger partial charge in [0.15, 0.2) is 17.2 Å². The summed E-state index contributed by atoms with van der Waals surface area (Å²) in [6.07, 6.45) is 1.29. The minimum absolute atomic E-state index is 0.141. The Morgan fingerprint density at radius 3 is 2.70 bits per heavy atom. The zero-order valence-corrected chi connectivity index (χ0v) is 10.5. The van der Waals surface area contributed by atoms with Gasteiger partial charge in [0.25, 0.3) is 0 Å². The van der Waals surface area contributed by atoms with Crippen molar-refractivity contribution in [3.63, 3.8) is 0 Å². The topological polar surface area (TPSA) is 116 Å². The fourth-order valence-electron chi connectivity index (χ4n) is 1.52. The van der Waals surface area contributed by atoms with E-state index >= 15 is 0 Å². The highest BCUT2D eigenvalue weighted by molar-refractivity contribution is 5.78. The van der Waals surface area contributed by atoms with Gasteiger partial charge in [-0.2, -0.15) is 10.5 Å². The minimum Gasteiger partial charge on any atom is -0.486 e. The number of hydrogen-bond donors (Lipinski definition) is 2. The van der Waals surface area contributed by atoms with Crippen molar-refractivity contribution < 1.29 is 9.47 Å². The molecule has 20 heavy (non-hydrogen) atoms. The van der Waals surface area contributed by atoms with E-state index < -0.39 is 0 Å². The van der Waals surface area contributed by atoms with Crippen LogP contribution in [0.25, 0.3) is 0 Å². The molecular formula is C13H11N5O2. The Morgan fingerprint density at radius 2 is 2.00 bits per heavy atom. The van der Waals surface area contributed by atoms with E-state index in [2.05, 4.69) is 10.3 Å². The van der Waals surface area contributed by atoms with Crippen molar-refractivity contribution >= 4 is 12.0 Å². The van der Waals surface area contributed by atoms with E-state index in [-0.39, 0.29) is 11.4 Å². The fourth-order valence-corrected chi connectivity index (χ4v) is 1.52. The van der Waals surface area contributed by atoms with Gasteiger partial charge < -0.3 is 20.5 Å². The zero-order chi connectivity index (χ0) is 14.4. The summed E-state index contributed by atoms with van der Waals surface area (Å²) in [6.45, 7) is 1.04. The Hall–Kier alpha value is -3.19. The van der Waals surface area contributed by atoms with Crippen LogP contribution in [0.5, 0.6) is 11.5 Å². The Balaban J connectivity index is 2.09. The molecule has 0 amide bonds. The number of nitrogens with two attached hydrogens (primary N) is 1. The number of rotatable bonds is 3. The number of nitriles is 2. The molecule has 0 aliphatic carbocycles. The molecule has 3 N–H and O–H groups in total. The van der Waals surface area contributed by atoms with Crippen LogP contribution >= 0.6 is 0 Å². The molecule has 0 radical (unpaired) electrons. The van der Waals surface area contributed by atoms with Crippen LogP contribution in [0, 0.1) is 22.7 Å². The summed E-state index contributed by atoms with van der Waals surface area (Å²) in [5.41, 5.74) is 5.66. The maximum Gasteiger partial charge on any atom is 0.175 e. The third kappa shape index (κ3) is 2.98. The normalized spacial score (nSPS) is 14.1. The van der Waals surface area contributed by atoms with E-state index in [4.69, 9.17) is 25.7 Å². The van der Waals surface area contributed by atoms with Gasteiger partial charge in [-0.3, -0.25) is 0 Å². The Labute approximate surface area is 115 Å². The van der Waals surface area contributed by atoms with Crippen LogP contribution in [0.4, 0.5) is 5.69 Å². The van der Waals surface area contributed by atoms with Gasteiger partial charge in [0.1, 0.15) is 31.0 Å². The average molecular weight is 269 g/mol. The van der Waals surface area contributed by atoms with Gasteiger partial charge in [0.05, 0.1) is 6.34 Å². The molecule has 1 heterocycles. The molecule has 0 spiro atoms. The standard InChI is InChI=1S/C13H11N5O2/c14-6-10(16)11(7-15)18-8-17-9-1-2-12-13(5-9)20-4-3-19-12/h1-2,5,8H,3-4,16H2,(H,17,18)/b11-10-. The first-order chi connectivity index (χ1) is 9.74. The molecule has 0 saturated carbocycles. The number of anilines is 1. The van der Waals surface area contributed by atoms with E-state index in [1.54, 1.807) is 30.3 Å². The number of ether oxygens (including phenoxy) is 2. The number of allylic oxidation sites excluding steroid dienone is 2. The molecule has 2 rings (SSSR count). The SMILES string of the molecule is N#C/C(N)=C(\C#N)N=CNc1ccc2c(c1)OCCO2. The lowest BCUT2D eigenvalue weighted by Crippen LogP contribution is -2.15. The highest BCUT2D eigenvalue weighted by atomic mass is 16.6. The molecule has 0 fully saturated rings. The summed E-state index contributed by atoms with van der Waals surface area (Å²) < 4.78 is 10.8. The lowest BCUT2D eigenvalue weighted by molar-refractivity contribution is 0.171. The molecule has 7 heteroatoms. The number of aliphatic imine (C=N–C) groups is 1. The van der Waals surface area contributed by atoms with Crippen LogP contribution in [0.15, 0.2) is 34.6 Å². The second-order valence-corrected chi connectivity index (χ2v) is 3.75. The summed E-state index contributed by atoms with van der Waals surface area (Å²) in [7, 11) is 0. The summed E-state index contributed by atoms with van der Waals surface area (Å²) in [5.74, 6) is 1.33. The molecule has 1 aliphatic rings. The molecule has 0 bridgehead atoms. The first-order valence-corrected chi connectivity index (χ1v) is 5.73. The molecule has 1 aromatic rings. The monoisotopic (exact) mass is 269 g/mol. The van der Waals surface area contributed by atoms with Gasteiger partial charge in [-0.15, -0.1) is 0 Å². The van der Waals surface area contributed by atoms with Gasteiger partial charge in [-0.1, -0.05) is 0 Å². The summed E-state index contributed by atoms with van der Waals surface area (Å²) in [4.78, 5) is 3.78. The average Bonchev–Trinajstić information content (AvgIpc) is 2.50. The molecule has 1 aromatic carbocycles. The maximum atomic E-state index is 8.77. The molecule has 7 nitrogen and oxygen atoms in total. The minimum atomic E-state index is -0.229. The Morgan fingerprint density at radius 1 is 1.25 bits per heavy atom. The van der Waals surface area contributed by atoms with E-state index in [1.165, 1.54) is 6.34 Å². The number of nitrogens with zero attached hydrogens (tertiary/aromatic N) is 3. The zero-order valence-electron chi connectivity index (χ0n) is 10.5. The summed E-state index contributed by atoms with van der Waals surface area (Å²) in [5, 5.41) is 20.2. The molecular weight excluding hydrogens is 258 g/mol. The second kappa shape index (κ2) is 6.12. The van der Waals surface area contributed by atoms with E-state index in [0.29, 0.717) is 30.4 Å². The third-order valence-electron chi connectivity index (χ3n) is 2.45. The first kappa shape index (κ1) is 13.2. The number of hydrogen-bond acceptors (Lipinski definition) is 6. The third-order valence-corrected chi connectivity index (χ3v) is 2.45. The fraction of sp³-hybridized carbons (Fsp3) is 0.154. The predicted molar refractivity (Wildman–Crippen MR) is 72.0 cm³/mol. The van der Waals surface area contributed by atoms with Crippen LogP contribution in [-0.2, 0) is 0 Å². The van der Waals surface area contributed by atoms with Gasteiger partial charge in [-0.05, 0) is 12.1 Å². The van der Waals surface area contributed by atoms with Gasteiger partial charge >= 0.3 is 0 Å². The number of benzene rings is 1. The van der Waals surface area contributed by atoms with Crippen LogP contribution in [-0.4, -0.2) is 19.6 Å². The lowest BCUT2D eigenvalue weighted by atomic mass is 10.2. The van der Waals surface area contributed by atoms with E-state index in [0.717, 1.165) is 0 Å². The van der Waals surface area contributed by atoms with Gasteiger partial charge in [0.2, 0.25) is 0 Å². The number of nitrogens with one attached hydrogen (secondary N) is 1. The van der Waals surface area contributed by atoms with Crippen LogP contribution < -0.4 is 20.5 Å². The van der Waals surface area contributed by atoms with Crippen molar-refractivity contribution in [2.45, 2.75) is 0 Å². The predicted octanol–water partition coefficient (Wildman–Crippen LogP) is 1.12. The summed E-state index contributed by atoms with van der Waals surface area (Å²) in [6, 6.07) is 8.71. The first-order valence-electron chi connectivity index (χ1n) is 5.73. The maximum absolute atomic E-state index is 8.77. The highest BCUT2D eigenvalue weighted by Gasteiger charge is 2.11. The number of fused-ring (bicyclic) bond motifs is 1. The van der Waals surface area contributed by atoms with Gasteiger partial charge in [0, 0.05) is 11.8 Å². The van der Waals surface area contributed by atoms with Crippen molar-refractivity contribution in [1.82, 2.24) is 0 Å². The summed E-state index contributed by atoms with van der Waals surface area (Å²) >= 11 is 0. The molecule has 0 aromatic heterocycles. The van der Waals surface area contributed by atoms with Crippen LogP contribution in [0.1, 0.15) is 0 Å². The molecule has 0 saturated heterocycles. The second-order valence-electron chi connectivity index (χ2n) is 3.75. The smallest absolute Gasteiger partial charge is 0.175 e. The van der Waals surface area contributed by atoms with E-state index in [1.807, 2.05) is 0 Å². The highest BCUT2D eigenvalue weighted by Crippen LogP contribution is 2.32. The van der Waals surface area contributed by atoms with Gasteiger partial charge in [-0.25, -0.2) is 4.99 Å². The Kier molecular flexibility index (Phi) is 4.05. The van der Waals surface area contributed by atoms with Crippen LogP contribution in [0.2, 0.25) is 0 Å². The van der Waals surface area contributed by atoms with Crippen molar-refractivity contribution in [3.05, 3.63) is 29.6 Å². The van der Waals surface area contributed by atoms with Crippen molar-refractivity contribution in [3.8, 4) is 23.6 Å². The molecule has 0 unspecified atom stereocenters. The van der Waals surface area contributed by atoms with Crippen molar-refractivity contribution in [2.75, 3.05) is 18.5 Å². The largest absolute Gasteiger partial charge is 0.486 e. The van der Waals surface area contributed by atoms with Crippen LogP contribution in [0.3, 0.4) is 0 Å². The molecule has 1 aliphatic heterocycles. The molecule has 0 atom stereocenters.